The zero-order chi connectivity index (χ0) is 7.33. The zero-order valence-electron chi connectivity index (χ0n) is 6.77. The van der Waals surface area contributed by atoms with Crippen LogP contribution in [0.2, 0.25) is 19.6 Å². The molecule has 0 unspecified atom stereocenters. The van der Waals surface area contributed by atoms with Crippen molar-refractivity contribution in [2.45, 2.75) is 34.0 Å². The van der Waals surface area contributed by atoms with Gasteiger partial charge in [-0.1, -0.05) is 25.7 Å². The summed E-state index contributed by atoms with van der Waals surface area (Å²) in [6.45, 7) is 8.68. The highest BCUT2D eigenvalue weighted by atomic mass is 28.4. The Morgan fingerprint density at radius 2 is 1.90 bits per heavy atom. The molecule has 10 heavy (non-hydrogen) atoms. The lowest BCUT2D eigenvalue weighted by Gasteiger charge is -2.16. The molecular formula is C7H20OSi2. The Balaban J connectivity index is 0. The summed E-state index contributed by atoms with van der Waals surface area (Å²) in [5.41, 5.74) is 2.23. The van der Waals surface area contributed by atoms with E-state index in [1.165, 1.54) is 0 Å². The summed E-state index contributed by atoms with van der Waals surface area (Å²) < 4.78 is 5.66. The molecule has 0 atom stereocenters. The molecule has 0 spiro atoms. The van der Waals surface area contributed by atoms with Crippen LogP contribution in [0, 0.1) is 0 Å². The van der Waals surface area contributed by atoms with Crippen molar-refractivity contribution < 1.29 is 4.12 Å². The van der Waals surface area contributed by atoms with Gasteiger partial charge in [-0.3, -0.25) is 0 Å². The predicted molar refractivity (Wildman–Crippen MR) is 54.5 cm³/mol. The molecule has 1 nitrogen and oxygen atoms in total. The first kappa shape index (κ1) is 12.8. The normalized spacial score (nSPS) is 12.8. The average Bonchev–Trinajstić information content (AvgIpc) is 1.64. The van der Waals surface area contributed by atoms with Crippen LogP contribution in [0.3, 0.4) is 0 Å². The van der Waals surface area contributed by atoms with Crippen LogP contribution in [0.5, 0.6) is 0 Å². The molecule has 0 heterocycles. The van der Waals surface area contributed by atoms with Gasteiger partial charge in [-0.15, -0.1) is 0 Å². The van der Waals surface area contributed by atoms with Gasteiger partial charge in [0.2, 0.25) is 0 Å². The summed E-state index contributed by atoms with van der Waals surface area (Å²) in [7, 11) is -1.52. The summed E-state index contributed by atoms with van der Waals surface area (Å²) in [6, 6.07) is 0. The fourth-order valence-electron chi connectivity index (χ4n) is 0.821. The third-order valence-corrected chi connectivity index (χ3v) is 6.35. The Labute approximate surface area is 68.6 Å². The molecule has 0 aliphatic rings. The molecule has 0 aliphatic carbocycles. The standard InChI is InChI=1S/C6H16OSi2.CH4/c1-5-6-9(3,4)7-8-2;/h5-6H,8H2,1-4H3;1H4. The minimum Gasteiger partial charge on any atom is -0.458 e. The monoisotopic (exact) mass is 176 g/mol. The van der Waals surface area contributed by atoms with E-state index >= 15 is 0 Å². The van der Waals surface area contributed by atoms with E-state index in [2.05, 4.69) is 38.3 Å². The van der Waals surface area contributed by atoms with E-state index < -0.39 is 8.32 Å². The van der Waals surface area contributed by atoms with Crippen molar-refractivity contribution in [2.75, 3.05) is 0 Å². The summed E-state index contributed by atoms with van der Waals surface area (Å²) in [5.74, 6) is 0. The second-order valence-corrected chi connectivity index (χ2v) is 7.81. The van der Waals surface area contributed by atoms with E-state index in [4.69, 9.17) is 4.12 Å². The summed E-state index contributed by atoms with van der Waals surface area (Å²) in [5, 5.41) is 0. The molecule has 62 valence electrons. The quantitative estimate of drug-likeness (QED) is 0.598. The molecule has 0 N–H and O–H groups in total. The molecule has 0 bridgehead atoms. The van der Waals surface area contributed by atoms with Crippen LogP contribution < -0.4 is 0 Å². The van der Waals surface area contributed by atoms with E-state index in [0.29, 0.717) is 0 Å². The van der Waals surface area contributed by atoms with Crippen molar-refractivity contribution in [3.8, 4) is 0 Å². The van der Waals surface area contributed by atoms with Crippen LogP contribution in [-0.2, 0) is 4.12 Å². The molecule has 0 amide bonds. The highest BCUT2D eigenvalue weighted by Gasteiger charge is 2.15. The Morgan fingerprint density at radius 1 is 1.40 bits per heavy atom. The van der Waals surface area contributed by atoms with Crippen molar-refractivity contribution in [1.29, 1.82) is 0 Å². The second kappa shape index (κ2) is 5.88. The van der Waals surface area contributed by atoms with Gasteiger partial charge in [0, 0.05) is 0 Å². The maximum absolute atomic E-state index is 5.66. The highest BCUT2D eigenvalue weighted by molar-refractivity contribution is 6.79. The number of hydrogen-bond acceptors (Lipinski definition) is 1. The zero-order valence-corrected chi connectivity index (χ0v) is 9.18. The molecule has 0 saturated heterocycles. The van der Waals surface area contributed by atoms with Gasteiger partial charge < -0.3 is 4.12 Å². The molecule has 0 rings (SSSR count). The Bertz CT molecular complexity index is 99.8. The first-order valence-corrected chi connectivity index (χ1v) is 8.38. The van der Waals surface area contributed by atoms with Crippen LogP contribution in [0.4, 0.5) is 0 Å². The fraction of sp³-hybridized carbons (Fsp3) is 0.714. The van der Waals surface area contributed by atoms with Crippen molar-refractivity contribution >= 4 is 18.1 Å². The molecule has 3 heteroatoms. The van der Waals surface area contributed by atoms with Gasteiger partial charge in [-0.25, -0.2) is 0 Å². The molecule has 0 radical (unpaired) electrons. The summed E-state index contributed by atoms with van der Waals surface area (Å²) >= 11 is 0. The third-order valence-electron chi connectivity index (χ3n) is 1.08. The van der Waals surface area contributed by atoms with E-state index in [1.54, 1.807) is 0 Å². The third kappa shape index (κ3) is 6.26. The van der Waals surface area contributed by atoms with Crippen molar-refractivity contribution in [1.82, 2.24) is 0 Å². The molecule has 0 aromatic carbocycles. The Kier molecular flexibility index (Phi) is 7.52. The maximum atomic E-state index is 5.66. The van der Waals surface area contributed by atoms with Gasteiger partial charge in [0.15, 0.2) is 8.32 Å². The van der Waals surface area contributed by atoms with Gasteiger partial charge in [-0.05, 0) is 20.0 Å². The fourth-order valence-corrected chi connectivity index (χ4v) is 4.99. The minimum atomic E-state index is -1.32. The molecule has 0 aromatic rings. The van der Waals surface area contributed by atoms with Crippen molar-refractivity contribution in [3.63, 3.8) is 0 Å². The van der Waals surface area contributed by atoms with Crippen LogP contribution in [0.25, 0.3) is 0 Å². The Hall–Kier alpha value is 0.134. The van der Waals surface area contributed by atoms with Crippen LogP contribution in [-0.4, -0.2) is 18.1 Å². The van der Waals surface area contributed by atoms with Crippen LogP contribution in [0.15, 0.2) is 11.8 Å². The Morgan fingerprint density at radius 3 is 2.20 bits per heavy atom. The molecular weight excluding hydrogens is 156 g/mol. The van der Waals surface area contributed by atoms with Crippen LogP contribution in [0.1, 0.15) is 14.4 Å². The van der Waals surface area contributed by atoms with E-state index in [-0.39, 0.29) is 17.2 Å². The number of allylic oxidation sites excluding steroid dienone is 1. The van der Waals surface area contributed by atoms with Gasteiger partial charge >= 0.3 is 0 Å². The lowest BCUT2D eigenvalue weighted by atomic mass is 10.8. The largest absolute Gasteiger partial charge is 0.458 e. The lowest BCUT2D eigenvalue weighted by Crippen LogP contribution is -2.28. The van der Waals surface area contributed by atoms with Crippen molar-refractivity contribution in [3.05, 3.63) is 11.8 Å². The van der Waals surface area contributed by atoms with E-state index in [9.17, 15) is 0 Å². The second-order valence-electron chi connectivity index (χ2n) is 2.54. The highest BCUT2D eigenvalue weighted by Crippen LogP contribution is 2.03. The SMILES string of the molecule is C.CC=C[Si](C)(C)O[SiH2]C. The lowest BCUT2D eigenvalue weighted by molar-refractivity contribution is 0.609. The van der Waals surface area contributed by atoms with Gasteiger partial charge in [0.25, 0.3) is 0 Å². The van der Waals surface area contributed by atoms with Crippen LogP contribution >= 0.6 is 0 Å². The van der Waals surface area contributed by atoms with E-state index in [1.807, 2.05) is 0 Å². The molecule has 0 aromatic heterocycles. The van der Waals surface area contributed by atoms with Gasteiger partial charge in [-0.2, -0.15) is 0 Å². The first-order valence-electron chi connectivity index (χ1n) is 3.40. The first-order chi connectivity index (χ1) is 4.12. The smallest absolute Gasteiger partial charge is 0.197 e. The average molecular weight is 176 g/mol. The molecule has 0 saturated carbocycles. The summed E-state index contributed by atoms with van der Waals surface area (Å²) in [4.78, 5) is 0. The van der Waals surface area contributed by atoms with Gasteiger partial charge in [0.05, 0.1) is 0 Å². The molecule has 0 fully saturated rings. The minimum absolute atomic E-state index is 0. The maximum Gasteiger partial charge on any atom is 0.197 e. The summed E-state index contributed by atoms with van der Waals surface area (Å²) in [6.07, 6.45) is 2.09. The predicted octanol–water partition coefficient (Wildman–Crippen LogP) is 2.09. The topological polar surface area (TPSA) is 9.23 Å². The molecule has 0 aliphatic heterocycles. The number of hydrogen-bond donors (Lipinski definition) is 0. The van der Waals surface area contributed by atoms with Crippen molar-refractivity contribution in [2.24, 2.45) is 0 Å². The number of rotatable bonds is 3. The van der Waals surface area contributed by atoms with E-state index in [0.717, 1.165) is 0 Å². The van der Waals surface area contributed by atoms with Gasteiger partial charge in [0.1, 0.15) is 9.76 Å².